The lowest BCUT2D eigenvalue weighted by Crippen LogP contribution is -2.50. The molecular formula is C22H21ClN4O2. The van der Waals surface area contributed by atoms with E-state index in [4.69, 9.17) is 11.6 Å². The van der Waals surface area contributed by atoms with Gasteiger partial charge in [-0.1, -0.05) is 41.4 Å². The molecule has 2 N–H and O–H groups in total. The van der Waals surface area contributed by atoms with Crippen molar-refractivity contribution in [2.75, 3.05) is 5.32 Å². The summed E-state index contributed by atoms with van der Waals surface area (Å²) in [5.41, 5.74) is 4.22. The lowest BCUT2D eigenvalue weighted by molar-refractivity contribution is -0.118. The van der Waals surface area contributed by atoms with E-state index in [1.54, 1.807) is 36.0 Å². The van der Waals surface area contributed by atoms with Crippen LogP contribution < -0.4 is 10.6 Å². The minimum Gasteiger partial charge on any atom is -0.339 e. The van der Waals surface area contributed by atoms with Crippen LogP contribution in [0.3, 0.4) is 0 Å². The number of anilines is 1. The number of nitrogens with one attached hydrogen (secondary N) is 2. The van der Waals surface area contributed by atoms with E-state index in [9.17, 15) is 9.59 Å². The predicted molar refractivity (Wildman–Crippen MR) is 112 cm³/mol. The van der Waals surface area contributed by atoms with Crippen molar-refractivity contribution in [1.29, 1.82) is 0 Å². The molecule has 1 aliphatic heterocycles. The summed E-state index contributed by atoms with van der Waals surface area (Å²) in [5.74, 6) is -0.279. The highest BCUT2D eigenvalue weighted by Gasteiger charge is 2.41. The number of aromatic nitrogens is 2. The van der Waals surface area contributed by atoms with Gasteiger partial charge in [-0.25, -0.2) is 0 Å². The van der Waals surface area contributed by atoms with Gasteiger partial charge in [0.1, 0.15) is 11.9 Å². The molecule has 0 aliphatic carbocycles. The second-order valence-electron chi connectivity index (χ2n) is 7.31. The molecule has 0 radical (unpaired) electrons. The molecule has 0 saturated heterocycles. The molecular weight excluding hydrogens is 388 g/mol. The zero-order valence-electron chi connectivity index (χ0n) is 16.4. The summed E-state index contributed by atoms with van der Waals surface area (Å²) in [7, 11) is 1.80. The minimum absolute atomic E-state index is 0.269. The summed E-state index contributed by atoms with van der Waals surface area (Å²) in [6, 6.07) is 13.8. The van der Waals surface area contributed by atoms with Crippen molar-refractivity contribution in [2.45, 2.75) is 25.8 Å². The highest BCUT2D eigenvalue weighted by atomic mass is 35.5. The second kappa shape index (κ2) is 7.37. The van der Waals surface area contributed by atoms with Crippen LogP contribution in [0.4, 0.5) is 5.82 Å². The number of rotatable bonds is 3. The summed E-state index contributed by atoms with van der Waals surface area (Å²) < 4.78 is 1.67. The Morgan fingerprint density at radius 3 is 2.59 bits per heavy atom. The fraction of sp³-hybridized carbons (Fsp3) is 0.227. The maximum absolute atomic E-state index is 13.0. The Morgan fingerprint density at radius 1 is 1.17 bits per heavy atom. The molecule has 0 spiro atoms. The molecule has 1 aromatic heterocycles. The number of hydrogen-bond donors (Lipinski definition) is 2. The molecule has 0 bridgehead atoms. The molecule has 1 aliphatic rings. The van der Waals surface area contributed by atoms with E-state index in [0.29, 0.717) is 16.4 Å². The molecule has 7 heteroatoms. The molecule has 29 heavy (non-hydrogen) atoms. The van der Waals surface area contributed by atoms with E-state index in [1.807, 2.05) is 38.1 Å². The third-order valence-electron chi connectivity index (χ3n) is 5.23. The number of halogens is 1. The largest absolute Gasteiger partial charge is 0.339 e. The van der Waals surface area contributed by atoms with Crippen LogP contribution in [0.2, 0.25) is 5.02 Å². The van der Waals surface area contributed by atoms with Crippen molar-refractivity contribution in [3.8, 4) is 0 Å². The van der Waals surface area contributed by atoms with E-state index in [2.05, 4.69) is 15.7 Å². The van der Waals surface area contributed by atoms with Crippen molar-refractivity contribution in [3.63, 3.8) is 0 Å². The van der Waals surface area contributed by atoms with E-state index in [1.165, 1.54) is 0 Å². The molecule has 0 fully saturated rings. The summed E-state index contributed by atoms with van der Waals surface area (Å²) >= 11 is 5.92. The van der Waals surface area contributed by atoms with Gasteiger partial charge in [-0.2, -0.15) is 5.10 Å². The highest BCUT2D eigenvalue weighted by Crippen LogP contribution is 2.39. The van der Waals surface area contributed by atoms with Gasteiger partial charge >= 0.3 is 0 Å². The Morgan fingerprint density at radius 2 is 1.90 bits per heavy atom. The molecule has 2 heterocycles. The van der Waals surface area contributed by atoms with Gasteiger partial charge in [-0.15, -0.1) is 0 Å². The molecule has 2 amide bonds. The maximum atomic E-state index is 13.0. The number of carbonyl (C=O) groups is 2. The van der Waals surface area contributed by atoms with E-state index < -0.39 is 6.04 Å². The molecule has 2 aromatic carbocycles. The van der Waals surface area contributed by atoms with Crippen LogP contribution in [0, 0.1) is 13.8 Å². The predicted octanol–water partition coefficient (Wildman–Crippen LogP) is 3.57. The Labute approximate surface area is 173 Å². The lowest BCUT2D eigenvalue weighted by Gasteiger charge is -2.32. The number of nitrogens with zero attached hydrogens (tertiary/aromatic N) is 2. The van der Waals surface area contributed by atoms with Crippen LogP contribution in [0.5, 0.6) is 0 Å². The molecule has 0 unspecified atom stereocenters. The van der Waals surface area contributed by atoms with Gasteiger partial charge in [0, 0.05) is 29.1 Å². The molecule has 6 nitrogen and oxygen atoms in total. The fourth-order valence-electron chi connectivity index (χ4n) is 3.90. The summed E-state index contributed by atoms with van der Waals surface area (Å²) in [6.07, 6.45) is 0. The first-order valence-corrected chi connectivity index (χ1v) is 9.70. The number of aryl methyl sites for hydroxylation is 3. The number of amides is 2. The zero-order valence-corrected chi connectivity index (χ0v) is 17.1. The quantitative estimate of drug-likeness (QED) is 0.695. The Kier molecular flexibility index (Phi) is 4.88. The van der Waals surface area contributed by atoms with Crippen LogP contribution >= 0.6 is 11.6 Å². The van der Waals surface area contributed by atoms with Crippen molar-refractivity contribution in [3.05, 3.63) is 81.5 Å². The van der Waals surface area contributed by atoms with Gasteiger partial charge in [0.2, 0.25) is 5.91 Å². The normalized spacial score (nSPS) is 18.1. The van der Waals surface area contributed by atoms with Crippen LogP contribution in [0.15, 0.2) is 48.5 Å². The Balaban J connectivity index is 1.78. The fourth-order valence-corrected chi connectivity index (χ4v) is 4.03. The van der Waals surface area contributed by atoms with Gasteiger partial charge in [0.05, 0.1) is 5.69 Å². The number of benzene rings is 2. The van der Waals surface area contributed by atoms with E-state index >= 15 is 0 Å². The van der Waals surface area contributed by atoms with E-state index in [0.717, 1.165) is 22.4 Å². The van der Waals surface area contributed by atoms with Crippen molar-refractivity contribution in [1.82, 2.24) is 15.1 Å². The molecule has 4 rings (SSSR count). The van der Waals surface area contributed by atoms with Gasteiger partial charge in [-0.05, 0) is 43.7 Å². The maximum Gasteiger partial charge on any atom is 0.251 e. The van der Waals surface area contributed by atoms with Crippen LogP contribution in [0.1, 0.15) is 38.7 Å². The van der Waals surface area contributed by atoms with Crippen LogP contribution in [-0.2, 0) is 11.8 Å². The van der Waals surface area contributed by atoms with Gasteiger partial charge in [0.25, 0.3) is 5.91 Å². The van der Waals surface area contributed by atoms with Crippen molar-refractivity contribution in [2.24, 2.45) is 7.05 Å². The number of hydrogen-bond acceptors (Lipinski definition) is 3. The average molecular weight is 409 g/mol. The second-order valence-corrected chi connectivity index (χ2v) is 7.75. The number of fused-ring (bicyclic) bond motifs is 1. The smallest absolute Gasteiger partial charge is 0.251 e. The van der Waals surface area contributed by atoms with E-state index in [-0.39, 0.29) is 17.7 Å². The van der Waals surface area contributed by atoms with Crippen molar-refractivity contribution < 1.29 is 9.59 Å². The monoisotopic (exact) mass is 408 g/mol. The third kappa shape index (κ3) is 3.51. The first-order valence-electron chi connectivity index (χ1n) is 9.32. The first kappa shape index (κ1) is 19.2. The first-order chi connectivity index (χ1) is 13.8. The standard InChI is InChI=1S/C22H21ClN4O2/c1-12-5-4-6-15(11-12)18-17-13(2)26-27(3)20(17)25-22(29)19(18)24-21(28)14-7-9-16(23)10-8-14/h4-11,18-19H,1-3H3,(H,24,28)(H,25,29)/t18-,19+/m0/s1. The zero-order chi connectivity index (χ0) is 20.7. The van der Waals surface area contributed by atoms with Crippen LogP contribution in [0.25, 0.3) is 0 Å². The molecule has 148 valence electrons. The Bertz CT molecular complexity index is 1100. The van der Waals surface area contributed by atoms with Gasteiger partial charge in [-0.3, -0.25) is 14.3 Å². The Hall–Kier alpha value is -3.12. The van der Waals surface area contributed by atoms with Crippen molar-refractivity contribution >= 4 is 29.2 Å². The molecule has 3 aromatic rings. The average Bonchev–Trinajstić information content (AvgIpc) is 2.96. The topological polar surface area (TPSA) is 76.0 Å². The van der Waals surface area contributed by atoms with Crippen LogP contribution in [-0.4, -0.2) is 27.6 Å². The lowest BCUT2D eigenvalue weighted by atomic mass is 9.81. The molecule has 2 atom stereocenters. The van der Waals surface area contributed by atoms with Gasteiger partial charge in [0.15, 0.2) is 0 Å². The van der Waals surface area contributed by atoms with Gasteiger partial charge < -0.3 is 10.6 Å². The summed E-state index contributed by atoms with van der Waals surface area (Å²) in [5, 5.41) is 10.9. The SMILES string of the molecule is Cc1cccc([C@H]2c3c(C)nn(C)c3NC(=O)[C@@H]2NC(=O)c2ccc(Cl)cc2)c1. The number of carbonyl (C=O) groups excluding carboxylic acids is 2. The summed E-state index contributed by atoms with van der Waals surface area (Å²) in [4.78, 5) is 25.9. The molecule has 0 saturated carbocycles. The minimum atomic E-state index is -0.768. The highest BCUT2D eigenvalue weighted by molar-refractivity contribution is 6.30. The summed E-state index contributed by atoms with van der Waals surface area (Å²) in [6.45, 7) is 3.92. The third-order valence-corrected chi connectivity index (χ3v) is 5.48.